The van der Waals surface area contributed by atoms with Crippen LogP contribution in [0.2, 0.25) is 0 Å². The van der Waals surface area contributed by atoms with Crippen molar-refractivity contribution in [2.45, 2.75) is 13.8 Å². The van der Waals surface area contributed by atoms with E-state index in [4.69, 9.17) is 16.7 Å². The van der Waals surface area contributed by atoms with Crippen molar-refractivity contribution in [2.24, 2.45) is 5.92 Å². The third-order valence-electron chi connectivity index (χ3n) is 1.40. The van der Waals surface area contributed by atoms with Crippen LogP contribution in [0.4, 0.5) is 0 Å². The number of aliphatic hydroxyl groups excluding tert-OH is 1. The van der Waals surface area contributed by atoms with Crippen molar-refractivity contribution in [1.29, 1.82) is 0 Å². The first-order valence-electron chi connectivity index (χ1n) is 3.84. The van der Waals surface area contributed by atoms with Gasteiger partial charge in [0.1, 0.15) is 5.76 Å². The Labute approximate surface area is 83.2 Å². The zero-order valence-electron chi connectivity index (χ0n) is 7.80. The van der Waals surface area contributed by atoms with E-state index >= 15 is 0 Å². The SMILES string of the molecule is C=C(Cl)/C=C(\C(=C)O)C(=O)C(C)C. The monoisotopic (exact) mass is 200 g/mol. The minimum Gasteiger partial charge on any atom is -0.508 e. The van der Waals surface area contributed by atoms with Gasteiger partial charge in [-0.3, -0.25) is 4.79 Å². The van der Waals surface area contributed by atoms with E-state index in [1.54, 1.807) is 13.8 Å². The summed E-state index contributed by atoms with van der Waals surface area (Å²) in [5.41, 5.74) is 0.120. The van der Waals surface area contributed by atoms with Crippen LogP contribution in [-0.4, -0.2) is 10.9 Å². The third kappa shape index (κ3) is 3.95. The first-order chi connectivity index (χ1) is 5.86. The predicted octanol–water partition coefficient (Wildman–Crippen LogP) is 2.96. The predicted molar refractivity (Wildman–Crippen MR) is 54.7 cm³/mol. The number of carbonyl (C=O) groups is 1. The lowest BCUT2D eigenvalue weighted by atomic mass is 10.00. The van der Waals surface area contributed by atoms with Crippen molar-refractivity contribution in [3.63, 3.8) is 0 Å². The van der Waals surface area contributed by atoms with Crippen molar-refractivity contribution in [2.75, 3.05) is 0 Å². The summed E-state index contributed by atoms with van der Waals surface area (Å²) in [6.07, 6.45) is 1.31. The molecule has 0 aliphatic heterocycles. The van der Waals surface area contributed by atoms with Crippen molar-refractivity contribution >= 4 is 17.4 Å². The number of ketones is 1. The molecule has 0 aromatic rings. The van der Waals surface area contributed by atoms with Gasteiger partial charge in [0, 0.05) is 11.0 Å². The number of allylic oxidation sites excluding steroid dienone is 3. The second-order valence-corrected chi connectivity index (χ2v) is 3.46. The smallest absolute Gasteiger partial charge is 0.169 e. The summed E-state index contributed by atoms with van der Waals surface area (Å²) in [6, 6.07) is 0. The Morgan fingerprint density at radius 3 is 2.15 bits per heavy atom. The standard InChI is InChI=1S/C10H13ClO2/c1-6(2)10(13)9(8(4)12)5-7(3)11/h5-6,12H,3-4H2,1-2H3/b9-5+. The topological polar surface area (TPSA) is 37.3 Å². The largest absolute Gasteiger partial charge is 0.508 e. The molecule has 0 atom stereocenters. The Bertz CT molecular complexity index is 275. The van der Waals surface area contributed by atoms with Crippen LogP contribution < -0.4 is 0 Å². The quantitative estimate of drug-likeness (QED) is 0.430. The first-order valence-corrected chi connectivity index (χ1v) is 4.22. The molecule has 0 aromatic heterocycles. The molecular weight excluding hydrogens is 188 g/mol. The zero-order valence-corrected chi connectivity index (χ0v) is 8.56. The van der Waals surface area contributed by atoms with Crippen LogP contribution in [0.3, 0.4) is 0 Å². The van der Waals surface area contributed by atoms with Crippen LogP contribution in [0.15, 0.2) is 35.6 Å². The summed E-state index contributed by atoms with van der Waals surface area (Å²) >= 11 is 5.49. The summed E-state index contributed by atoms with van der Waals surface area (Å²) in [7, 11) is 0. The first kappa shape index (κ1) is 12.0. The molecule has 0 unspecified atom stereocenters. The Hall–Kier alpha value is -1.02. The normalized spacial score (nSPS) is 11.5. The Kier molecular flexibility index (Phi) is 4.49. The fourth-order valence-corrected chi connectivity index (χ4v) is 0.873. The van der Waals surface area contributed by atoms with E-state index in [1.165, 1.54) is 6.08 Å². The third-order valence-corrected chi connectivity index (χ3v) is 1.51. The lowest BCUT2D eigenvalue weighted by Crippen LogP contribution is -2.11. The Balaban J connectivity index is 4.94. The van der Waals surface area contributed by atoms with Crippen LogP contribution in [0.25, 0.3) is 0 Å². The summed E-state index contributed by atoms with van der Waals surface area (Å²) in [5.74, 6) is -0.680. The number of hydrogen-bond donors (Lipinski definition) is 1. The van der Waals surface area contributed by atoms with Gasteiger partial charge < -0.3 is 5.11 Å². The van der Waals surface area contributed by atoms with Crippen LogP contribution in [-0.2, 0) is 4.79 Å². The number of rotatable bonds is 4. The van der Waals surface area contributed by atoms with E-state index in [2.05, 4.69) is 13.2 Å². The fourth-order valence-electron chi connectivity index (χ4n) is 0.764. The number of halogens is 1. The van der Waals surface area contributed by atoms with E-state index in [0.29, 0.717) is 0 Å². The number of aliphatic hydroxyl groups is 1. The molecule has 2 nitrogen and oxygen atoms in total. The highest BCUT2D eigenvalue weighted by atomic mass is 35.5. The maximum atomic E-state index is 11.4. The van der Waals surface area contributed by atoms with Gasteiger partial charge in [0.15, 0.2) is 5.78 Å². The molecule has 0 saturated carbocycles. The average molecular weight is 201 g/mol. The van der Waals surface area contributed by atoms with E-state index in [0.717, 1.165) is 0 Å². The summed E-state index contributed by atoms with van der Waals surface area (Å²) in [6.45, 7) is 10.1. The minimum atomic E-state index is -0.277. The van der Waals surface area contributed by atoms with Crippen molar-refractivity contribution in [3.8, 4) is 0 Å². The molecular formula is C10H13ClO2. The van der Waals surface area contributed by atoms with Gasteiger partial charge in [0.05, 0.1) is 5.57 Å². The van der Waals surface area contributed by atoms with Gasteiger partial charge in [-0.25, -0.2) is 0 Å². The van der Waals surface area contributed by atoms with Gasteiger partial charge in [-0.1, -0.05) is 38.6 Å². The van der Waals surface area contributed by atoms with Crippen molar-refractivity contribution in [1.82, 2.24) is 0 Å². The average Bonchev–Trinajstić information content (AvgIpc) is 1.97. The molecule has 0 fully saturated rings. The van der Waals surface area contributed by atoms with Gasteiger partial charge in [-0.05, 0) is 6.08 Å². The second kappa shape index (κ2) is 4.87. The molecule has 0 aliphatic rings. The molecule has 72 valence electrons. The van der Waals surface area contributed by atoms with Crippen LogP contribution in [0.5, 0.6) is 0 Å². The summed E-state index contributed by atoms with van der Waals surface area (Å²) in [5, 5.41) is 9.29. The minimum absolute atomic E-state index is 0.120. The molecule has 1 N–H and O–H groups in total. The number of hydrogen-bond acceptors (Lipinski definition) is 2. The molecule has 0 saturated heterocycles. The van der Waals surface area contributed by atoms with Gasteiger partial charge >= 0.3 is 0 Å². The van der Waals surface area contributed by atoms with Crippen LogP contribution in [0.1, 0.15) is 13.8 Å². The molecule has 0 radical (unpaired) electrons. The molecule has 0 rings (SSSR count). The molecule has 0 bridgehead atoms. The number of carbonyl (C=O) groups excluding carboxylic acids is 1. The number of Topliss-reactive ketones (excluding diaryl/α,β-unsaturated/α-hetero) is 1. The fraction of sp³-hybridized carbons (Fsp3) is 0.300. The van der Waals surface area contributed by atoms with Gasteiger partial charge in [0.25, 0.3) is 0 Å². The summed E-state index contributed by atoms with van der Waals surface area (Å²) in [4.78, 5) is 11.4. The van der Waals surface area contributed by atoms with E-state index in [-0.39, 0.29) is 28.1 Å². The van der Waals surface area contributed by atoms with E-state index in [1.807, 2.05) is 0 Å². The highest BCUT2D eigenvalue weighted by Crippen LogP contribution is 2.15. The molecule has 3 heteroatoms. The maximum Gasteiger partial charge on any atom is 0.169 e. The van der Waals surface area contributed by atoms with Crippen molar-refractivity contribution < 1.29 is 9.90 Å². The summed E-state index contributed by atoms with van der Waals surface area (Å²) < 4.78 is 0. The highest BCUT2D eigenvalue weighted by Gasteiger charge is 2.15. The van der Waals surface area contributed by atoms with Crippen LogP contribution in [0, 0.1) is 5.92 Å². The Morgan fingerprint density at radius 1 is 1.46 bits per heavy atom. The van der Waals surface area contributed by atoms with Gasteiger partial charge in [0.2, 0.25) is 0 Å². The second-order valence-electron chi connectivity index (χ2n) is 2.97. The molecule has 0 aliphatic carbocycles. The lowest BCUT2D eigenvalue weighted by Gasteiger charge is -2.06. The maximum absolute atomic E-state index is 11.4. The van der Waals surface area contributed by atoms with E-state index < -0.39 is 0 Å². The molecule has 0 spiro atoms. The molecule has 0 aromatic carbocycles. The van der Waals surface area contributed by atoms with Crippen molar-refractivity contribution in [3.05, 3.63) is 35.6 Å². The zero-order chi connectivity index (χ0) is 10.6. The van der Waals surface area contributed by atoms with Gasteiger partial charge in [-0.15, -0.1) is 0 Å². The highest BCUT2D eigenvalue weighted by molar-refractivity contribution is 6.31. The van der Waals surface area contributed by atoms with Crippen LogP contribution >= 0.6 is 11.6 Å². The lowest BCUT2D eigenvalue weighted by molar-refractivity contribution is -0.118. The molecule has 0 heterocycles. The van der Waals surface area contributed by atoms with E-state index in [9.17, 15) is 4.79 Å². The molecule has 0 amide bonds. The Morgan fingerprint density at radius 2 is 1.92 bits per heavy atom. The molecule has 13 heavy (non-hydrogen) atoms. The van der Waals surface area contributed by atoms with Gasteiger partial charge in [-0.2, -0.15) is 0 Å².